The Hall–Kier alpha value is -1.47. The lowest BCUT2D eigenvalue weighted by atomic mass is 10.4. The maximum Gasteiger partial charge on any atom is 0.321 e. The van der Waals surface area contributed by atoms with Gasteiger partial charge < -0.3 is 4.74 Å². The van der Waals surface area contributed by atoms with Crippen LogP contribution in [0.4, 0.5) is 4.39 Å². The highest BCUT2D eigenvalue weighted by Crippen LogP contribution is 2.14. The first kappa shape index (κ1) is 14.6. The Kier molecular flexibility index (Phi) is 4.80. The summed E-state index contributed by atoms with van der Waals surface area (Å²) in [7, 11) is -2.54. The lowest BCUT2D eigenvalue weighted by molar-refractivity contribution is -0.143. The SMILES string of the molecule is CCOC(=O)CN(C)S(=O)(=O)c1ccc(F)cc1. The number of hydrogen-bond donors (Lipinski definition) is 0. The van der Waals surface area contributed by atoms with E-state index in [-0.39, 0.29) is 18.0 Å². The van der Waals surface area contributed by atoms with Crippen molar-refractivity contribution in [3.8, 4) is 0 Å². The van der Waals surface area contributed by atoms with Crippen molar-refractivity contribution in [1.29, 1.82) is 0 Å². The molecule has 0 aliphatic carbocycles. The molecule has 0 heterocycles. The first-order chi connectivity index (χ1) is 8.37. The van der Waals surface area contributed by atoms with Crippen LogP contribution in [0, 0.1) is 5.82 Å². The molecular formula is C11H14FNO4S. The molecule has 1 aromatic carbocycles. The summed E-state index contributed by atoms with van der Waals surface area (Å²) in [5.74, 6) is -1.16. The number of likely N-dealkylation sites (N-methyl/N-ethyl adjacent to an activating group) is 1. The number of carbonyl (C=O) groups excluding carboxylic acids is 1. The van der Waals surface area contributed by atoms with E-state index in [1.165, 1.54) is 7.05 Å². The van der Waals surface area contributed by atoms with Crippen LogP contribution in [0.2, 0.25) is 0 Å². The molecule has 0 aliphatic heterocycles. The van der Waals surface area contributed by atoms with Crippen molar-refractivity contribution in [3.63, 3.8) is 0 Å². The van der Waals surface area contributed by atoms with Gasteiger partial charge in [-0.3, -0.25) is 4.79 Å². The molecule has 0 atom stereocenters. The molecule has 0 fully saturated rings. The van der Waals surface area contributed by atoms with Crippen molar-refractivity contribution in [1.82, 2.24) is 4.31 Å². The van der Waals surface area contributed by atoms with Gasteiger partial charge in [0, 0.05) is 7.05 Å². The van der Waals surface area contributed by atoms with Crippen LogP contribution in [0.15, 0.2) is 29.2 Å². The molecule has 0 saturated carbocycles. The van der Waals surface area contributed by atoms with E-state index in [0.29, 0.717) is 0 Å². The second kappa shape index (κ2) is 5.92. The second-order valence-corrected chi connectivity index (χ2v) is 5.56. The fraction of sp³-hybridized carbons (Fsp3) is 0.364. The monoisotopic (exact) mass is 275 g/mol. The van der Waals surface area contributed by atoms with E-state index in [4.69, 9.17) is 0 Å². The Labute approximate surface area is 105 Å². The molecule has 0 aliphatic rings. The Balaban J connectivity index is 2.86. The van der Waals surface area contributed by atoms with Crippen molar-refractivity contribution in [3.05, 3.63) is 30.1 Å². The molecule has 0 N–H and O–H groups in total. The third-order valence-electron chi connectivity index (χ3n) is 2.18. The van der Waals surface area contributed by atoms with Crippen LogP contribution < -0.4 is 0 Å². The predicted molar refractivity (Wildman–Crippen MR) is 62.8 cm³/mol. The highest BCUT2D eigenvalue weighted by Gasteiger charge is 2.23. The largest absolute Gasteiger partial charge is 0.465 e. The highest BCUT2D eigenvalue weighted by molar-refractivity contribution is 7.89. The van der Waals surface area contributed by atoms with E-state index in [0.717, 1.165) is 28.6 Å². The zero-order chi connectivity index (χ0) is 13.8. The van der Waals surface area contributed by atoms with Gasteiger partial charge in [0.25, 0.3) is 0 Å². The topological polar surface area (TPSA) is 63.7 Å². The minimum absolute atomic E-state index is 0.0734. The quantitative estimate of drug-likeness (QED) is 0.752. The third-order valence-corrected chi connectivity index (χ3v) is 4.00. The number of sulfonamides is 1. The average Bonchev–Trinajstić information content (AvgIpc) is 2.29. The van der Waals surface area contributed by atoms with Gasteiger partial charge in [0.05, 0.1) is 11.5 Å². The van der Waals surface area contributed by atoms with Gasteiger partial charge in [0.15, 0.2) is 0 Å². The summed E-state index contributed by atoms with van der Waals surface area (Å²) < 4.78 is 42.2. The molecule has 0 bridgehead atoms. The molecular weight excluding hydrogens is 261 g/mol. The highest BCUT2D eigenvalue weighted by atomic mass is 32.2. The molecule has 100 valence electrons. The zero-order valence-corrected chi connectivity index (χ0v) is 10.9. The summed E-state index contributed by atoms with van der Waals surface area (Å²) in [6.45, 7) is 1.43. The number of nitrogens with zero attached hydrogens (tertiary/aromatic N) is 1. The smallest absolute Gasteiger partial charge is 0.321 e. The summed E-state index contributed by atoms with van der Waals surface area (Å²) in [4.78, 5) is 11.1. The fourth-order valence-electron chi connectivity index (χ4n) is 1.26. The minimum atomic E-state index is -3.80. The van der Waals surface area contributed by atoms with E-state index in [9.17, 15) is 17.6 Å². The van der Waals surface area contributed by atoms with Gasteiger partial charge in [0.2, 0.25) is 10.0 Å². The number of ether oxygens (including phenoxy) is 1. The van der Waals surface area contributed by atoms with E-state index < -0.39 is 21.8 Å². The van der Waals surface area contributed by atoms with Gasteiger partial charge in [-0.15, -0.1) is 0 Å². The van der Waals surface area contributed by atoms with E-state index in [2.05, 4.69) is 4.74 Å². The third kappa shape index (κ3) is 3.51. The number of esters is 1. The summed E-state index contributed by atoms with van der Waals surface area (Å²) >= 11 is 0. The molecule has 0 saturated heterocycles. The Bertz CT molecular complexity index is 512. The zero-order valence-electron chi connectivity index (χ0n) is 10.1. The lowest BCUT2D eigenvalue weighted by Crippen LogP contribution is -2.33. The van der Waals surface area contributed by atoms with Crippen LogP contribution in [0.5, 0.6) is 0 Å². The van der Waals surface area contributed by atoms with Crippen LogP contribution in [0.25, 0.3) is 0 Å². The van der Waals surface area contributed by atoms with Crippen LogP contribution in [0.1, 0.15) is 6.92 Å². The molecule has 5 nitrogen and oxygen atoms in total. The minimum Gasteiger partial charge on any atom is -0.465 e. The first-order valence-electron chi connectivity index (χ1n) is 5.25. The lowest BCUT2D eigenvalue weighted by Gasteiger charge is -2.16. The van der Waals surface area contributed by atoms with Crippen LogP contribution in [-0.2, 0) is 19.6 Å². The molecule has 1 rings (SSSR count). The molecule has 7 heteroatoms. The van der Waals surface area contributed by atoms with Gasteiger partial charge in [-0.1, -0.05) is 0 Å². The van der Waals surface area contributed by atoms with E-state index in [1.807, 2.05) is 0 Å². The van der Waals surface area contributed by atoms with E-state index >= 15 is 0 Å². The summed E-state index contributed by atoms with van der Waals surface area (Å²) in [6, 6.07) is 4.38. The molecule has 0 radical (unpaired) electrons. The summed E-state index contributed by atoms with van der Waals surface area (Å²) in [5, 5.41) is 0. The average molecular weight is 275 g/mol. The Morgan fingerprint density at radius 1 is 1.33 bits per heavy atom. The molecule has 0 aromatic heterocycles. The van der Waals surface area contributed by atoms with Crippen molar-refractivity contribution in [2.24, 2.45) is 0 Å². The number of halogens is 1. The Morgan fingerprint density at radius 2 is 1.89 bits per heavy atom. The molecule has 1 aromatic rings. The predicted octanol–water partition coefficient (Wildman–Crippen LogP) is 1.01. The van der Waals surface area contributed by atoms with Crippen molar-refractivity contribution < 1.29 is 22.3 Å². The van der Waals surface area contributed by atoms with Crippen LogP contribution in [-0.4, -0.2) is 38.9 Å². The number of hydrogen-bond acceptors (Lipinski definition) is 4. The fourth-order valence-corrected chi connectivity index (χ4v) is 2.38. The van der Waals surface area contributed by atoms with Crippen molar-refractivity contribution >= 4 is 16.0 Å². The van der Waals surface area contributed by atoms with Gasteiger partial charge >= 0.3 is 5.97 Å². The maximum atomic E-state index is 12.7. The molecule has 0 unspecified atom stereocenters. The standard InChI is InChI=1S/C11H14FNO4S/c1-3-17-11(14)8-13(2)18(15,16)10-6-4-9(12)5-7-10/h4-7H,3,8H2,1-2H3. The van der Waals surface area contributed by atoms with Gasteiger partial charge in [-0.25, -0.2) is 12.8 Å². The molecule has 18 heavy (non-hydrogen) atoms. The van der Waals surface area contributed by atoms with Crippen LogP contribution >= 0.6 is 0 Å². The van der Waals surface area contributed by atoms with Crippen LogP contribution in [0.3, 0.4) is 0 Å². The Morgan fingerprint density at radius 3 is 2.39 bits per heavy atom. The van der Waals surface area contributed by atoms with E-state index in [1.54, 1.807) is 6.92 Å². The van der Waals surface area contributed by atoms with Gasteiger partial charge in [-0.2, -0.15) is 4.31 Å². The van der Waals surface area contributed by atoms with Crippen molar-refractivity contribution in [2.75, 3.05) is 20.2 Å². The normalized spacial score (nSPS) is 11.6. The van der Waals surface area contributed by atoms with Gasteiger partial charge in [-0.05, 0) is 31.2 Å². The summed E-state index contributed by atoms with van der Waals surface area (Å²) in [5.41, 5.74) is 0. The maximum absolute atomic E-state index is 12.7. The van der Waals surface area contributed by atoms with Crippen molar-refractivity contribution in [2.45, 2.75) is 11.8 Å². The number of rotatable bonds is 5. The first-order valence-corrected chi connectivity index (χ1v) is 6.69. The molecule has 0 amide bonds. The second-order valence-electron chi connectivity index (χ2n) is 3.52. The molecule has 0 spiro atoms. The van der Waals surface area contributed by atoms with Gasteiger partial charge in [0.1, 0.15) is 12.4 Å². The number of carbonyl (C=O) groups is 1. The number of benzene rings is 1. The summed E-state index contributed by atoms with van der Waals surface area (Å²) in [6.07, 6.45) is 0.